The second-order valence-corrected chi connectivity index (χ2v) is 2.47. The molecule has 0 radical (unpaired) electrons. The second-order valence-electron chi connectivity index (χ2n) is 2.47. The smallest absolute Gasteiger partial charge is 0.0154 e. The van der Waals surface area contributed by atoms with Crippen molar-refractivity contribution in [1.29, 1.82) is 0 Å². The first-order chi connectivity index (χ1) is 4.77. The molecule has 0 aromatic rings. The van der Waals surface area contributed by atoms with Gasteiger partial charge in [-0.2, -0.15) is 0 Å². The van der Waals surface area contributed by atoms with Crippen molar-refractivity contribution < 1.29 is 0 Å². The van der Waals surface area contributed by atoms with Gasteiger partial charge in [0.2, 0.25) is 0 Å². The van der Waals surface area contributed by atoms with Gasteiger partial charge in [0.25, 0.3) is 0 Å². The first kappa shape index (κ1) is 9.30. The van der Waals surface area contributed by atoms with Gasteiger partial charge in [0.15, 0.2) is 0 Å². The zero-order chi connectivity index (χ0) is 7.82. The van der Waals surface area contributed by atoms with Crippen LogP contribution in [0.25, 0.3) is 0 Å². The Balaban J connectivity index is 2.91. The molecule has 10 heavy (non-hydrogen) atoms. The van der Waals surface area contributed by atoms with Crippen LogP contribution < -0.4 is 11.1 Å². The van der Waals surface area contributed by atoms with Crippen LogP contribution in [-0.4, -0.2) is 32.1 Å². The summed E-state index contributed by atoms with van der Waals surface area (Å²) in [5, 5.41) is 3.06. The third-order valence-electron chi connectivity index (χ3n) is 1.14. The summed E-state index contributed by atoms with van der Waals surface area (Å²) in [4.78, 5) is 2.16. The maximum absolute atomic E-state index is 5.12. The van der Waals surface area contributed by atoms with Crippen LogP contribution in [0.15, 0.2) is 12.4 Å². The van der Waals surface area contributed by atoms with Crippen molar-refractivity contribution in [3.8, 4) is 0 Å². The van der Waals surface area contributed by atoms with Crippen LogP contribution in [0.4, 0.5) is 0 Å². The normalized spacial score (nSPS) is 11.1. The molecule has 0 spiro atoms. The number of nitrogens with one attached hydrogen (secondary N) is 1. The van der Waals surface area contributed by atoms with Gasteiger partial charge < -0.3 is 16.0 Å². The average Bonchev–Trinajstić information content (AvgIpc) is 1.87. The number of hydrogen-bond acceptors (Lipinski definition) is 3. The topological polar surface area (TPSA) is 41.3 Å². The summed E-state index contributed by atoms with van der Waals surface area (Å²) in [6.07, 6.45) is 4.42. The van der Waals surface area contributed by atoms with Crippen LogP contribution in [0, 0.1) is 0 Å². The van der Waals surface area contributed by atoms with Gasteiger partial charge in [0.05, 0.1) is 0 Å². The first-order valence-electron chi connectivity index (χ1n) is 3.52. The summed E-state index contributed by atoms with van der Waals surface area (Å²) in [6.45, 7) is 2.11. The van der Waals surface area contributed by atoms with Gasteiger partial charge in [-0.3, -0.25) is 0 Å². The largest absolute Gasteiger partial charge is 0.403 e. The van der Waals surface area contributed by atoms with E-state index in [4.69, 9.17) is 5.73 Å². The number of nitrogens with two attached hydrogens (primary N) is 1. The van der Waals surface area contributed by atoms with E-state index in [1.807, 2.05) is 0 Å². The van der Waals surface area contributed by atoms with E-state index in [-0.39, 0.29) is 0 Å². The molecule has 0 aromatic carbocycles. The standard InChI is InChI=1S/C7H17N3/c1-10(2)7-3-5-9-6-4-8/h4,6,9H,3,5,7-8H2,1-2H3. The molecule has 0 saturated carbocycles. The summed E-state index contributed by atoms with van der Waals surface area (Å²) in [6, 6.07) is 0. The lowest BCUT2D eigenvalue weighted by Gasteiger charge is -2.08. The van der Waals surface area contributed by atoms with Crippen LogP contribution in [0.2, 0.25) is 0 Å². The third kappa shape index (κ3) is 7.30. The van der Waals surface area contributed by atoms with Gasteiger partial charge in [-0.05, 0) is 27.1 Å². The van der Waals surface area contributed by atoms with Crippen LogP contribution in [0.1, 0.15) is 6.42 Å². The highest BCUT2D eigenvalue weighted by Crippen LogP contribution is 1.79. The minimum atomic E-state index is 0.992. The van der Waals surface area contributed by atoms with E-state index in [0.717, 1.165) is 19.5 Å². The Bertz CT molecular complexity index is 88.9. The summed E-state index contributed by atoms with van der Waals surface area (Å²) >= 11 is 0. The fourth-order valence-corrected chi connectivity index (χ4v) is 0.649. The Hall–Kier alpha value is -0.700. The molecule has 60 valence electrons. The van der Waals surface area contributed by atoms with E-state index in [9.17, 15) is 0 Å². The SMILES string of the molecule is CN(C)CCCNC=CN. The maximum Gasteiger partial charge on any atom is 0.0154 e. The molecule has 0 aromatic heterocycles. The summed E-state index contributed by atoms with van der Waals surface area (Å²) in [5.74, 6) is 0. The summed E-state index contributed by atoms with van der Waals surface area (Å²) < 4.78 is 0. The van der Waals surface area contributed by atoms with E-state index in [2.05, 4.69) is 24.3 Å². The molecule has 0 aliphatic heterocycles. The van der Waals surface area contributed by atoms with Crippen molar-refractivity contribution in [1.82, 2.24) is 10.2 Å². The predicted octanol–water partition coefficient (Wildman–Crippen LogP) is -0.0424. The number of nitrogens with zero attached hydrogens (tertiary/aromatic N) is 1. The Morgan fingerprint density at radius 1 is 1.50 bits per heavy atom. The molecule has 3 nitrogen and oxygen atoms in total. The molecular weight excluding hydrogens is 126 g/mol. The Labute approximate surface area is 62.9 Å². The summed E-state index contributed by atoms with van der Waals surface area (Å²) in [5.41, 5.74) is 5.12. The van der Waals surface area contributed by atoms with Gasteiger partial charge in [0.1, 0.15) is 0 Å². The van der Waals surface area contributed by atoms with Crippen molar-refractivity contribution in [2.75, 3.05) is 27.2 Å². The lowest BCUT2D eigenvalue weighted by atomic mass is 10.4. The fraction of sp³-hybridized carbons (Fsp3) is 0.714. The molecular formula is C7H17N3. The molecule has 0 heterocycles. The minimum absolute atomic E-state index is 0.992. The highest BCUT2D eigenvalue weighted by molar-refractivity contribution is 4.72. The zero-order valence-electron chi connectivity index (χ0n) is 6.80. The van der Waals surface area contributed by atoms with Crippen LogP contribution in [-0.2, 0) is 0 Å². The highest BCUT2D eigenvalue weighted by atomic mass is 15.0. The average molecular weight is 143 g/mol. The molecule has 0 aliphatic carbocycles. The van der Waals surface area contributed by atoms with E-state index >= 15 is 0 Å². The fourth-order valence-electron chi connectivity index (χ4n) is 0.649. The Kier molecular flexibility index (Phi) is 5.97. The molecule has 0 amide bonds. The van der Waals surface area contributed by atoms with Gasteiger partial charge in [0, 0.05) is 18.9 Å². The lowest BCUT2D eigenvalue weighted by molar-refractivity contribution is 0.399. The molecule has 0 rings (SSSR count). The van der Waals surface area contributed by atoms with E-state index < -0.39 is 0 Å². The molecule has 0 aliphatic rings. The molecule has 0 bridgehead atoms. The second kappa shape index (κ2) is 6.42. The first-order valence-corrected chi connectivity index (χ1v) is 3.52. The quantitative estimate of drug-likeness (QED) is 0.530. The molecule has 3 heteroatoms. The van der Waals surface area contributed by atoms with Crippen molar-refractivity contribution >= 4 is 0 Å². The Morgan fingerprint density at radius 3 is 2.70 bits per heavy atom. The Morgan fingerprint density at radius 2 is 2.20 bits per heavy atom. The lowest BCUT2D eigenvalue weighted by Crippen LogP contribution is -2.18. The van der Waals surface area contributed by atoms with Crippen molar-refractivity contribution in [2.24, 2.45) is 5.73 Å². The van der Waals surface area contributed by atoms with Crippen LogP contribution in [0.5, 0.6) is 0 Å². The van der Waals surface area contributed by atoms with E-state index in [1.165, 1.54) is 6.20 Å². The van der Waals surface area contributed by atoms with Crippen LogP contribution >= 0.6 is 0 Å². The molecule has 0 atom stereocenters. The van der Waals surface area contributed by atoms with Gasteiger partial charge >= 0.3 is 0 Å². The molecule has 3 N–H and O–H groups in total. The number of hydrogen-bond donors (Lipinski definition) is 2. The highest BCUT2D eigenvalue weighted by Gasteiger charge is 1.86. The third-order valence-corrected chi connectivity index (χ3v) is 1.14. The molecule has 0 saturated heterocycles. The predicted molar refractivity (Wildman–Crippen MR) is 44.5 cm³/mol. The number of rotatable bonds is 5. The summed E-state index contributed by atoms with van der Waals surface area (Å²) in [7, 11) is 4.14. The zero-order valence-corrected chi connectivity index (χ0v) is 6.80. The minimum Gasteiger partial charge on any atom is -0.403 e. The van der Waals surface area contributed by atoms with Crippen molar-refractivity contribution in [2.45, 2.75) is 6.42 Å². The van der Waals surface area contributed by atoms with Gasteiger partial charge in [-0.15, -0.1) is 0 Å². The van der Waals surface area contributed by atoms with Crippen LogP contribution in [0.3, 0.4) is 0 Å². The molecule has 0 fully saturated rings. The van der Waals surface area contributed by atoms with E-state index in [0.29, 0.717) is 0 Å². The van der Waals surface area contributed by atoms with Crippen molar-refractivity contribution in [3.05, 3.63) is 12.4 Å². The van der Waals surface area contributed by atoms with E-state index in [1.54, 1.807) is 6.20 Å². The monoisotopic (exact) mass is 143 g/mol. The maximum atomic E-state index is 5.12. The van der Waals surface area contributed by atoms with Gasteiger partial charge in [-0.1, -0.05) is 0 Å². The van der Waals surface area contributed by atoms with Gasteiger partial charge in [-0.25, -0.2) is 0 Å². The molecule has 0 unspecified atom stereocenters. The van der Waals surface area contributed by atoms with Crippen molar-refractivity contribution in [3.63, 3.8) is 0 Å².